The van der Waals surface area contributed by atoms with Gasteiger partial charge in [0.15, 0.2) is 0 Å². The molecule has 0 aliphatic carbocycles. The predicted molar refractivity (Wildman–Crippen MR) is 60.3 cm³/mol. The Balaban J connectivity index is 2.77. The lowest BCUT2D eigenvalue weighted by Crippen LogP contribution is -2.52. The number of hydrogen-bond acceptors (Lipinski definition) is 3. The zero-order valence-corrected chi connectivity index (χ0v) is 11.3. The highest BCUT2D eigenvalue weighted by atomic mass is 19.3. The average Bonchev–Trinajstić information content (AvgIpc) is 2.87. The van der Waals surface area contributed by atoms with Crippen molar-refractivity contribution in [1.29, 1.82) is 0 Å². The Morgan fingerprint density at radius 3 is 1.90 bits per heavy atom. The molecular formula is C11H18F6N2O. The van der Waals surface area contributed by atoms with Gasteiger partial charge in [0, 0.05) is 0 Å². The lowest BCUT2D eigenvalue weighted by atomic mass is 10.1. The maximum absolute atomic E-state index is 13.7. The quantitative estimate of drug-likeness (QED) is 0.601. The standard InChI is InChI=1S/C11H18F6N2O/c1-18-8(12)10(14,15)6-4-5-7(20-6)11(16,17)9(13)19(2)3/h6-9,18H,4-5H2,1-3H3. The first-order valence-corrected chi connectivity index (χ1v) is 6.08. The van der Waals surface area contributed by atoms with Crippen molar-refractivity contribution in [1.82, 2.24) is 10.2 Å². The van der Waals surface area contributed by atoms with Gasteiger partial charge in [-0.2, -0.15) is 17.6 Å². The molecule has 1 aliphatic rings. The summed E-state index contributed by atoms with van der Waals surface area (Å²) in [6.07, 6.45) is -10.3. The van der Waals surface area contributed by atoms with E-state index < -0.39 is 49.5 Å². The van der Waals surface area contributed by atoms with E-state index in [0.717, 1.165) is 21.1 Å². The highest BCUT2D eigenvalue weighted by Crippen LogP contribution is 2.41. The molecule has 0 spiro atoms. The minimum absolute atomic E-state index is 0.460. The van der Waals surface area contributed by atoms with E-state index in [1.807, 2.05) is 0 Å². The van der Waals surface area contributed by atoms with Crippen molar-refractivity contribution in [3.63, 3.8) is 0 Å². The van der Waals surface area contributed by atoms with Crippen molar-refractivity contribution in [2.24, 2.45) is 0 Å². The third-order valence-electron chi connectivity index (χ3n) is 3.24. The first kappa shape index (κ1) is 17.5. The molecule has 0 saturated carbocycles. The third-order valence-corrected chi connectivity index (χ3v) is 3.24. The molecule has 0 aromatic heterocycles. The first-order chi connectivity index (χ1) is 9.05. The fourth-order valence-electron chi connectivity index (χ4n) is 2.06. The van der Waals surface area contributed by atoms with Crippen LogP contribution in [0.25, 0.3) is 0 Å². The molecule has 0 amide bonds. The molecule has 9 heteroatoms. The van der Waals surface area contributed by atoms with E-state index in [9.17, 15) is 26.3 Å². The first-order valence-electron chi connectivity index (χ1n) is 6.08. The monoisotopic (exact) mass is 308 g/mol. The molecule has 1 saturated heterocycles. The summed E-state index contributed by atoms with van der Waals surface area (Å²) in [5, 5.41) is 1.71. The average molecular weight is 308 g/mol. The van der Waals surface area contributed by atoms with E-state index in [4.69, 9.17) is 0 Å². The van der Waals surface area contributed by atoms with E-state index in [0.29, 0.717) is 4.90 Å². The summed E-state index contributed by atoms with van der Waals surface area (Å²) >= 11 is 0. The maximum atomic E-state index is 13.7. The van der Waals surface area contributed by atoms with Gasteiger partial charge in [-0.3, -0.25) is 10.2 Å². The molecule has 0 radical (unpaired) electrons. The second kappa shape index (κ2) is 6.07. The van der Waals surface area contributed by atoms with Gasteiger partial charge in [-0.05, 0) is 34.0 Å². The summed E-state index contributed by atoms with van der Waals surface area (Å²) in [7, 11) is 3.17. The minimum atomic E-state index is -3.95. The molecule has 1 N–H and O–H groups in total. The highest BCUT2D eigenvalue weighted by Gasteiger charge is 2.58. The van der Waals surface area contributed by atoms with E-state index in [1.165, 1.54) is 0 Å². The summed E-state index contributed by atoms with van der Waals surface area (Å²) in [6.45, 7) is 0. The van der Waals surface area contributed by atoms with E-state index in [-0.39, 0.29) is 0 Å². The number of ether oxygens (including phenoxy) is 1. The van der Waals surface area contributed by atoms with Gasteiger partial charge in [-0.1, -0.05) is 0 Å². The van der Waals surface area contributed by atoms with Gasteiger partial charge in [0.05, 0.1) is 0 Å². The zero-order valence-electron chi connectivity index (χ0n) is 11.3. The molecule has 0 bridgehead atoms. The SMILES string of the molecule is CNC(F)C(F)(F)C1CCC(C(F)(F)C(F)N(C)C)O1. The van der Waals surface area contributed by atoms with Crippen LogP contribution in [0.5, 0.6) is 0 Å². The van der Waals surface area contributed by atoms with Crippen LogP contribution in [0.1, 0.15) is 12.8 Å². The molecular weight excluding hydrogens is 290 g/mol. The van der Waals surface area contributed by atoms with Crippen LogP contribution >= 0.6 is 0 Å². The molecule has 1 rings (SSSR count). The van der Waals surface area contributed by atoms with Gasteiger partial charge < -0.3 is 4.74 Å². The third kappa shape index (κ3) is 3.20. The van der Waals surface area contributed by atoms with Crippen molar-refractivity contribution >= 4 is 0 Å². The van der Waals surface area contributed by atoms with Gasteiger partial charge in [-0.25, -0.2) is 8.78 Å². The smallest absolute Gasteiger partial charge is 0.317 e. The Labute approximate surface area is 113 Å². The molecule has 20 heavy (non-hydrogen) atoms. The molecule has 0 aromatic rings. The topological polar surface area (TPSA) is 24.5 Å². The lowest BCUT2D eigenvalue weighted by molar-refractivity contribution is -0.232. The van der Waals surface area contributed by atoms with Gasteiger partial charge >= 0.3 is 11.8 Å². The fraction of sp³-hybridized carbons (Fsp3) is 1.00. The van der Waals surface area contributed by atoms with Crippen LogP contribution in [0.2, 0.25) is 0 Å². The largest absolute Gasteiger partial charge is 0.362 e. The highest BCUT2D eigenvalue weighted by molar-refractivity contribution is 4.95. The summed E-state index contributed by atoms with van der Waals surface area (Å²) in [6, 6.07) is 0. The van der Waals surface area contributed by atoms with E-state index in [2.05, 4.69) is 4.74 Å². The number of rotatable bonds is 6. The minimum Gasteiger partial charge on any atom is -0.362 e. The Kier molecular flexibility index (Phi) is 5.31. The molecule has 4 atom stereocenters. The van der Waals surface area contributed by atoms with Gasteiger partial charge in [0.1, 0.15) is 12.2 Å². The van der Waals surface area contributed by atoms with Crippen LogP contribution in [0, 0.1) is 0 Å². The molecule has 1 heterocycles. The van der Waals surface area contributed by atoms with Crippen LogP contribution < -0.4 is 5.32 Å². The van der Waals surface area contributed by atoms with Crippen LogP contribution in [-0.2, 0) is 4.74 Å². The van der Waals surface area contributed by atoms with Crippen LogP contribution in [-0.4, -0.2) is 62.7 Å². The molecule has 120 valence electrons. The van der Waals surface area contributed by atoms with Crippen LogP contribution in [0.4, 0.5) is 26.3 Å². The van der Waals surface area contributed by atoms with Gasteiger partial charge in [0.25, 0.3) is 0 Å². The Bertz CT molecular complexity index is 328. The number of hydrogen-bond donors (Lipinski definition) is 1. The maximum Gasteiger partial charge on any atom is 0.317 e. The number of alkyl halides is 6. The summed E-state index contributed by atoms with van der Waals surface area (Å²) in [5.41, 5.74) is 0. The summed E-state index contributed by atoms with van der Waals surface area (Å²) in [5.74, 6) is -7.90. The normalized spacial score (nSPS) is 27.9. The number of nitrogens with one attached hydrogen (secondary N) is 1. The van der Waals surface area contributed by atoms with E-state index in [1.54, 1.807) is 5.32 Å². The molecule has 3 nitrogen and oxygen atoms in total. The fourth-order valence-corrected chi connectivity index (χ4v) is 2.06. The predicted octanol–water partition coefficient (Wildman–Crippen LogP) is 2.18. The van der Waals surface area contributed by atoms with E-state index >= 15 is 0 Å². The van der Waals surface area contributed by atoms with Crippen molar-refractivity contribution in [3.05, 3.63) is 0 Å². The lowest BCUT2D eigenvalue weighted by Gasteiger charge is -2.31. The molecule has 0 aromatic carbocycles. The van der Waals surface area contributed by atoms with Crippen molar-refractivity contribution in [2.45, 2.75) is 49.5 Å². The van der Waals surface area contributed by atoms with Crippen LogP contribution in [0.15, 0.2) is 0 Å². The molecule has 4 unspecified atom stereocenters. The second-order valence-electron chi connectivity index (χ2n) is 4.99. The van der Waals surface area contributed by atoms with Crippen molar-refractivity contribution in [2.75, 3.05) is 21.1 Å². The molecule has 1 fully saturated rings. The van der Waals surface area contributed by atoms with Gasteiger partial charge in [0.2, 0.25) is 12.6 Å². The molecule has 1 aliphatic heterocycles. The summed E-state index contributed by atoms with van der Waals surface area (Å²) in [4.78, 5) is 0.625. The van der Waals surface area contributed by atoms with Crippen molar-refractivity contribution < 1.29 is 31.1 Å². The Morgan fingerprint density at radius 1 is 1.05 bits per heavy atom. The number of nitrogens with zero attached hydrogens (tertiary/aromatic N) is 1. The van der Waals surface area contributed by atoms with Gasteiger partial charge in [-0.15, -0.1) is 0 Å². The van der Waals surface area contributed by atoms with Crippen molar-refractivity contribution in [3.8, 4) is 0 Å². The number of halogens is 6. The zero-order chi connectivity index (χ0) is 15.7. The second-order valence-corrected chi connectivity index (χ2v) is 4.99. The van der Waals surface area contributed by atoms with Crippen LogP contribution in [0.3, 0.4) is 0 Å². The Morgan fingerprint density at radius 2 is 1.50 bits per heavy atom. The Hall–Kier alpha value is -0.540. The summed E-state index contributed by atoms with van der Waals surface area (Å²) < 4.78 is 85.5.